The number of nitrogens with zero attached hydrogens (tertiary/aromatic N) is 2. The molecule has 0 atom stereocenters. The lowest BCUT2D eigenvalue weighted by atomic mass is 10.0. The number of carbonyl (C=O) groups excluding carboxylic acids is 1. The summed E-state index contributed by atoms with van der Waals surface area (Å²) in [5.41, 5.74) is 0.154. The number of methoxy groups -OCH3 is 1. The Morgan fingerprint density at radius 2 is 2.00 bits per heavy atom. The van der Waals surface area contributed by atoms with E-state index in [1.807, 2.05) is 0 Å². The quantitative estimate of drug-likeness (QED) is 0.668. The van der Waals surface area contributed by atoms with Crippen molar-refractivity contribution >= 4 is 17.4 Å². The maximum absolute atomic E-state index is 12.4. The molecule has 0 radical (unpaired) electrons. The summed E-state index contributed by atoms with van der Waals surface area (Å²) in [4.78, 5) is 24.4. The van der Waals surface area contributed by atoms with E-state index in [1.54, 1.807) is 4.90 Å². The number of ether oxygens (including phenoxy) is 3. The molecule has 0 bridgehead atoms. The van der Waals surface area contributed by atoms with Gasteiger partial charge in [-0.3, -0.25) is 10.1 Å². The van der Waals surface area contributed by atoms with Crippen LogP contribution in [0.25, 0.3) is 0 Å². The molecule has 24 heavy (non-hydrogen) atoms. The molecule has 2 aliphatic heterocycles. The van der Waals surface area contributed by atoms with Gasteiger partial charge in [-0.1, -0.05) is 0 Å². The van der Waals surface area contributed by atoms with Crippen LogP contribution < -0.4 is 10.1 Å². The van der Waals surface area contributed by atoms with Gasteiger partial charge in [-0.15, -0.1) is 0 Å². The van der Waals surface area contributed by atoms with Gasteiger partial charge in [0, 0.05) is 38.1 Å². The van der Waals surface area contributed by atoms with Crippen molar-refractivity contribution in [3.8, 4) is 5.75 Å². The van der Waals surface area contributed by atoms with Crippen LogP contribution in [0.2, 0.25) is 0 Å². The second-order valence-corrected chi connectivity index (χ2v) is 5.67. The lowest BCUT2D eigenvalue weighted by Crippen LogP contribution is -2.48. The third-order valence-corrected chi connectivity index (χ3v) is 4.26. The van der Waals surface area contributed by atoms with Gasteiger partial charge in [-0.25, -0.2) is 4.79 Å². The average molecular weight is 337 g/mol. The van der Waals surface area contributed by atoms with Crippen LogP contribution in [0.4, 0.5) is 16.2 Å². The Labute approximate surface area is 138 Å². The van der Waals surface area contributed by atoms with E-state index < -0.39 is 10.7 Å². The minimum atomic E-state index is -0.556. The molecule has 2 aliphatic rings. The van der Waals surface area contributed by atoms with E-state index >= 15 is 0 Å². The van der Waals surface area contributed by atoms with Crippen molar-refractivity contribution in [3.63, 3.8) is 0 Å². The maximum atomic E-state index is 12.4. The molecule has 3 rings (SSSR count). The molecular weight excluding hydrogens is 318 g/mol. The fourth-order valence-electron chi connectivity index (χ4n) is 2.94. The van der Waals surface area contributed by atoms with Crippen molar-refractivity contribution in [3.05, 3.63) is 28.3 Å². The number of nitro groups is 1. The minimum absolute atomic E-state index is 0.114. The predicted octanol–water partition coefficient (Wildman–Crippen LogP) is 1.97. The summed E-state index contributed by atoms with van der Waals surface area (Å²) in [5, 5.41) is 13.6. The molecule has 1 N–H and O–H groups in total. The van der Waals surface area contributed by atoms with E-state index in [0.717, 1.165) is 0 Å². The number of benzene rings is 1. The fourth-order valence-corrected chi connectivity index (χ4v) is 2.94. The first kappa shape index (κ1) is 16.5. The van der Waals surface area contributed by atoms with Crippen LogP contribution in [-0.2, 0) is 9.47 Å². The predicted molar refractivity (Wildman–Crippen MR) is 84.1 cm³/mol. The van der Waals surface area contributed by atoms with Crippen LogP contribution in [0.3, 0.4) is 0 Å². The number of hydrogen-bond donors (Lipinski definition) is 1. The molecule has 2 amide bonds. The van der Waals surface area contributed by atoms with Gasteiger partial charge in [0.2, 0.25) is 0 Å². The Morgan fingerprint density at radius 3 is 2.58 bits per heavy atom. The van der Waals surface area contributed by atoms with Crippen LogP contribution in [0.1, 0.15) is 12.8 Å². The molecular formula is C15H19N3O6. The number of amides is 2. The number of carbonyl (C=O) groups is 1. The van der Waals surface area contributed by atoms with Crippen molar-refractivity contribution in [1.82, 2.24) is 4.90 Å². The second-order valence-electron chi connectivity index (χ2n) is 5.67. The van der Waals surface area contributed by atoms with Gasteiger partial charge in [-0.2, -0.15) is 0 Å². The molecule has 9 nitrogen and oxygen atoms in total. The zero-order chi connectivity index (χ0) is 17.2. The lowest BCUT2D eigenvalue weighted by molar-refractivity contribution is -0.384. The lowest BCUT2D eigenvalue weighted by Gasteiger charge is -2.37. The number of likely N-dealkylation sites (tertiary alicyclic amines) is 1. The maximum Gasteiger partial charge on any atom is 0.321 e. The Balaban J connectivity index is 1.66. The number of rotatable bonds is 3. The van der Waals surface area contributed by atoms with Gasteiger partial charge in [-0.05, 0) is 6.07 Å². The summed E-state index contributed by atoms with van der Waals surface area (Å²) in [6, 6.07) is 3.74. The number of piperidine rings is 1. The van der Waals surface area contributed by atoms with Gasteiger partial charge in [0.1, 0.15) is 5.75 Å². The molecule has 2 heterocycles. The van der Waals surface area contributed by atoms with Gasteiger partial charge < -0.3 is 24.4 Å². The van der Waals surface area contributed by atoms with Crippen molar-refractivity contribution in [2.45, 2.75) is 18.6 Å². The van der Waals surface area contributed by atoms with Crippen LogP contribution in [-0.4, -0.2) is 55.1 Å². The molecule has 9 heteroatoms. The van der Waals surface area contributed by atoms with E-state index in [9.17, 15) is 14.9 Å². The molecule has 2 saturated heterocycles. The highest BCUT2D eigenvalue weighted by Crippen LogP contribution is 2.32. The molecule has 130 valence electrons. The monoisotopic (exact) mass is 337 g/mol. The fraction of sp³-hybridized carbons (Fsp3) is 0.533. The van der Waals surface area contributed by atoms with E-state index in [1.165, 1.54) is 25.3 Å². The molecule has 0 aliphatic carbocycles. The Bertz CT molecular complexity index is 634. The summed E-state index contributed by atoms with van der Waals surface area (Å²) in [6.45, 7) is 2.14. The van der Waals surface area contributed by atoms with E-state index in [4.69, 9.17) is 14.2 Å². The minimum Gasteiger partial charge on any atom is -0.495 e. The van der Waals surface area contributed by atoms with E-state index in [2.05, 4.69) is 5.32 Å². The van der Waals surface area contributed by atoms with Crippen LogP contribution in [0.5, 0.6) is 5.75 Å². The van der Waals surface area contributed by atoms with Crippen LogP contribution >= 0.6 is 0 Å². The zero-order valence-electron chi connectivity index (χ0n) is 13.3. The Hall–Kier alpha value is -2.39. The van der Waals surface area contributed by atoms with Crippen molar-refractivity contribution in [1.29, 1.82) is 0 Å². The Morgan fingerprint density at radius 1 is 1.33 bits per heavy atom. The molecule has 0 saturated carbocycles. The second kappa shape index (κ2) is 6.62. The summed E-state index contributed by atoms with van der Waals surface area (Å²) in [5.74, 6) is -0.190. The van der Waals surface area contributed by atoms with Gasteiger partial charge in [0.15, 0.2) is 5.79 Å². The number of nitro benzene ring substituents is 1. The van der Waals surface area contributed by atoms with Crippen LogP contribution in [0.15, 0.2) is 18.2 Å². The first-order valence-electron chi connectivity index (χ1n) is 7.69. The third kappa shape index (κ3) is 3.26. The first-order chi connectivity index (χ1) is 11.5. The largest absolute Gasteiger partial charge is 0.495 e. The highest BCUT2D eigenvalue weighted by atomic mass is 16.7. The third-order valence-electron chi connectivity index (χ3n) is 4.26. The number of anilines is 1. The first-order valence-corrected chi connectivity index (χ1v) is 7.69. The smallest absolute Gasteiger partial charge is 0.321 e. The SMILES string of the molecule is COc1ccc([N+](=O)[O-])cc1NC(=O)N1CCC2(CC1)OCCO2. The van der Waals surface area contributed by atoms with E-state index in [-0.39, 0.29) is 17.4 Å². The van der Waals surface area contributed by atoms with Crippen molar-refractivity contribution in [2.75, 3.05) is 38.7 Å². The average Bonchev–Trinajstić information content (AvgIpc) is 3.03. The molecule has 0 aromatic heterocycles. The zero-order valence-corrected chi connectivity index (χ0v) is 13.3. The number of urea groups is 1. The van der Waals surface area contributed by atoms with Crippen LogP contribution in [0, 0.1) is 10.1 Å². The van der Waals surface area contributed by atoms with Gasteiger partial charge in [0.05, 0.1) is 30.9 Å². The van der Waals surface area contributed by atoms with E-state index in [0.29, 0.717) is 44.9 Å². The number of non-ortho nitro benzene ring substituents is 1. The highest BCUT2D eigenvalue weighted by Gasteiger charge is 2.40. The highest BCUT2D eigenvalue weighted by molar-refractivity contribution is 5.91. The van der Waals surface area contributed by atoms with Gasteiger partial charge in [0.25, 0.3) is 5.69 Å². The summed E-state index contributed by atoms with van der Waals surface area (Å²) in [6.07, 6.45) is 1.21. The van der Waals surface area contributed by atoms with Crippen molar-refractivity contribution < 1.29 is 23.9 Å². The Kier molecular flexibility index (Phi) is 4.54. The topological polar surface area (TPSA) is 103 Å². The molecule has 2 fully saturated rings. The molecule has 0 unspecified atom stereocenters. The molecule has 1 spiro atoms. The molecule has 1 aromatic rings. The summed E-state index contributed by atoms with van der Waals surface area (Å²) >= 11 is 0. The van der Waals surface area contributed by atoms with Gasteiger partial charge >= 0.3 is 6.03 Å². The standard InChI is InChI=1S/C15H19N3O6/c1-22-13-3-2-11(18(20)21)10-12(13)16-14(19)17-6-4-15(5-7-17)23-8-9-24-15/h2-3,10H,4-9H2,1H3,(H,16,19). The van der Waals surface area contributed by atoms with Crippen molar-refractivity contribution in [2.24, 2.45) is 0 Å². The molecule has 1 aromatic carbocycles. The number of nitrogens with one attached hydrogen (secondary N) is 1. The summed E-state index contributed by atoms with van der Waals surface area (Å²) < 4.78 is 16.4. The summed E-state index contributed by atoms with van der Waals surface area (Å²) in [7, 11) is 1.44. The normalized spacial score (nSPS) is 19.3. The number of hydrogen-bond acceptors (Lipinski definition) is 6.